The van der Waals surface area contributed by atoms with Gasteiger partial charge in [0.25, 0.3) is 5.91 Å². The van der Waals surface area contributed by atoms with Crippen LogP contribution in [0.3, 0.4) is 0 Å². The minimum atomic E-state index is -0.986. The fourth-order valence-corrected chi connectivity index (χ4v) is 4.10. The van der Waals surface area contributed by atoms with Crippen LogP contribution in [-0.4, -0.2) is 34.2 Å². The standard InChI is InChI=1S/C24H26N2O4S/c1-15(2)30-20(24(28)29)13-17-8-7-9-18(12-17)14-25-22(27)21-16(3)31-23(26-21)19-10-5-4-6-11-19/h4-12,15,20H,13-14H2,1-3H3,(H,25,27)(H,28,29). The molecule has 3 rings (SSSR count). The molecule has 0 fully saturated rings. The Hall–Kier alpha value is -3.03. The fourth-order valence-electron chi connectivity index (χ4n) is 3.18. The smallest absolute Gasteiger partial charge is 0.333 e. The molecule has 1 amide bonds. The summed E-state index contributed by atoms with van der Waals surface area (Å²) < 4.78 is 5.49. The minimum absolute atomic E-state index is 0.175. The van der Waals surface area contributed by atoms with Gasteiger partial charge in [-0.3, -0.25) is 4.79 Å². The summed E-state index contributed by atoms with van der Waals surface area (Å²) in [5.41, 5.74) is 3.14. The topological polar surface area (TPSA) is 88.5 Å². The number of carboxylic acid groups (broad SMARTS) is 1. The van der Waals surface area contributed by atoms with Gasteiger partial charge in [-0.25, -0.2) is 9.78 Å². The van der Waals surface area contributed by atoms with Crippen molar-refractivity contribution in [3.63, 3.8) is 0 Å². The van der Waals surface area contributed by atoms with Gasteiger partial charge in [-0.15, -0.1) is 11.3 Å². The summed E-state index contributed by atoms with van der Waals surface area (Å²) in [6.45, 7) is 5.84. The molecule has 1 aromatic heterocycles. The summed E-state index contributed by atoms with van der Waals surface area (Å²) in [7, 11) is 0. The molecular formula is C24H26N2O4S. The molecule has 7 heteroatoms. The number of thiazole rings is 1. The number of carboxylic acids is 1. The van der Waals surface area contributed by atoms with Crippen LogP contribution < -0.4 is 5.32 Å². The molecule has 0 radical (unpaired) electrons. The molecule has 0 aliphatic heterocycles. The molecule has 3 aromatic rings. The predicted octanol–water partition coefficient (Wildman–Crippen LogP) is 4.47. The lowest BCUT2D eigenvalue weighted by molar-refractivity contribution is -0.153. The third-order valence-corrected chi connectivity index (χ3v) is 5.63. The Morgan fingerprint density at radius 2 is 1.81 bits per heavy atom. The zero-order valence-electron chi connectivity index (χ0n) is 17.8. The van der Waals surface area contributed by atoms with Crippen LogP contribution in [-0.2, 0) is 22.5 Å². The van der Waals surface area contributed by atoms with E-state index in [1.165, 1.54) is 11.3 Å². The number of amides is 1. The Balaban J connectivity index is 1.65. The Morgan fingerprint density at radius 3 is 2.48 bits per heavy atom. The van der Waals surface area contributed by atoms with E-state index >= 15 is 0 Å². The van der Waals surface area contributed by atoms with E-state index in [9.17, 15) is 14.7 Å². The highest BCUT2D eigenvalue weighted by Crippen LogP contribution is 2.27. The summed E-state index contributed by atoms with van der Waals surface area (Å²) >= 11 is 1.49. The van der Waals surface area contributed by atoms with Crippen molar-refractivity contribution in [1.82, 2.24) is 10.3 Å². The molecule has 0 spiro atoms. The molecule has 1 unspecified atom stereocenters. The van der Waals surface area contributed by atoms with Gasteiger partial charge in [0.15, 0.2) is 6.10 Å². The van der Waals surface area contributed by atoms with E-state index in [1.54, 1.807) is 0 Å². The van der Waals surface area contributed by atoms with Crippen molar-refractivity contribution in [2.24, 2.45) is 0 Å². The van der Waals surface area contributed by atoms with Crippen LogP contribution in [0.25, 0.3) is 10.6 Å². The van der Waals surface area contributed by atoms with E-state index in [2.05, 4.69) is 10.3 Å². The first kappa shape index (κ1) is 22.7. The molecule has 0 bridgehead atoms. The number of ether oxygens (including phenoxy) is 1. The summed E-state index contributed by atoms with van der Waals surface area (Å²) in [5, 5.41) is 13.1. The number of aryl methyl sites for hydroxylation is 1. The lowest BCUT2D eigenvalue weighted by Crippen LogP contribution is -2.29. The monoisotopic (exact) mass is 438 g/mol. The van der Waals surface area contributed by atoms with Crippen LogP contribution in [0.15, 0.2) is 54.6 Å². The second kappa shape index (κ2) is 10.3. The first-order valence-corrected chi connectivity index (χ1v) is 10.9. The number of carbonyl (C=O) groups excluding carboxylic acids is 1. The van der Waals surface area contributed by atoms with Crippen LogP contribution >= 0.6 is 11.3 Å². The summed E-state index contributed by atoms with van der Waals surface area (Å²) in [4.78, 5) is 29.5. The van der Waals surface area contributed by atoms with Gasteiger partial charge in [-0.1, -0.05) is 54.6 Å². The molecular weight excluding hydrogens is 412 g/mol. The zero-order chi connectivity index (χ0) is 22.4. The predicted molar refractivity (Wildman–Crippen MR) is 121 cm³/mol. The highest BCUT2D eigenvalue weighted by molar-refractivity contribution is 7.15. The third kappa shape index (κ3) is 6.23. The van der Waals surface area contributed by atoms with Crippen LogP contribution in [0.1, 0.15) is 40.3 Å². The maximum absolute atomic E-state index is 12.7. The Bertz CT molecular complexity index is 1050. The minimum Gasteiger partial charge on any atom is -0.479 e. The van der Waals surface area contributed by atoms with Crippen LogP contribution in [0, 0.1) is 6.92 Å². The molecule has 0 saturated heterocycles. The maximum Gasteiger partial charge on any atom is 0.333 e. The Labute approximate surface area is 185 Å². The molecule has 0 aliphatic carbocycles. The van der Waals surface area contributed by atoms with Crippen molar-refractivity contribution in [1.29, 1.82) is 0 Å². The van der Waals surface area contributed by atoms with E-state index in [4.69, 9.17) is 4.74 Å². The fraction of sp³-hybridized carbons (Fsp3) is 0.292. The number of aromatic nitrogens is 1. The number of hydrogen-bond acceptors (Lipinski definition) is 5. The number of nitrogens with zero attached hydrogens (tertiary/aromatic N) is 1. The summed E-state index contributed by atoms with van der Waals surface area (Å²) in [5.74, 6) is -1.21. The van der Waals surface area contributed by atoms with Gasteiger partial charge in [-0.2, -0.15) is 0 Å². The number of carbonyl (C=O) groups is 2. The lowest BCUT2D eigenvalue weighted by atomic mass is 10.0. The molecule has 2 N–H and O–H groups in total. The van der Waals surface area contributed by atoms with Gasteiger partial charge in [0.1, 0.15) is 10.7 Å². The maximum atomic E-state index is 12.7. The van der Waals surface area contributed by atoms with Crippen LogP contribution in [0.2, 0.25) is 0 Å². The van der Waals surface area contributed by atoms with E-state index in [-0.39, 0.29) is 18.4 Å². The second-order valence-corrected chi connectivity index (χ2v) is 8.71. The molecule has 1 heterocycles. The van der Waals surface area contributed by atoms with Gasteiger partial charge in [0, 0.05) is 23.4 Å². The summed E-state index contributed by atoms with van der Waals surface area (Å²) in [6, 6.07) is 17.3. The average Bonchev–Trinajstić information content (AvgIpc) is 3.14. The molecule has 6 nitrogen and oxygen atoms in total. The second-order valence-electron chi connectivity index (χ2n) is 7.51. The normalized spacial score (nSPS) is 12.0. The molecule has 2 aromatic carbocycles. The average molecular weight is 439 g/mol. The van der Waals surface area contributed by atoms with Crippen molar-refractivity contribution in [3.8, 4) is 10.6 Å². The highest BCUT2D eigenvalue weighted by Gasteiger charge is 2.20. The van der Waals surface area contributed by atoms with Gasteiger partial charge in [-0.05, 0) is 31.9 Å². The molecule has 0 saturated carbocycles. The highest BCUT2D eigenvalue weighted by atomic mass is 32.1. The number of rotatable bonds is 9. The number of aliphatic carboxylic acids is 1. The van der Waals surface area contributed by atoms with Crippen LogP contribution in [0.4, 0.5) is 0 Å². The van der Waals surface area contributed by atoms with Crippen molar-refractivity contribution >= 4 is 23.2 Å². The summed E-state index contributed by atoms with van der Waals surface area (Å²) in [6.07, 6.45) is -0.814. The number of hydrogen-bond donors (Lipinski definition) is 2. The lowest BCUT2D eigenvalue weighted by Gasteiger charge is -2.17. The van der Waals surface area contributed by atoms with Gasteiger partial charge in [0.2, 0.25) is 0 Å². The molecule has 0 aliphatic rings. The van der Waals surface area contributed by atoms with E-state index in [1.807, 2.05) is 75.4 Å². The first-order valence-electron chi connectivity index (χ1n) is 10.1. The largest absolute Gasteiger partial charge is 0.479 e. The van der Waals surface area contributed by atoms with Gasteiger partial charge in [0.05, 0.1) is 6.10 Å². The van der Waals surface area contributed by atoms with E-state index in [0.717, 1.165) is 26.6 Å². The Kier molecular flexibility index (Phi) is 7.55. The van der Waals surface area contributed by atoms with Gasteiger partial charge >= 0.3 is 5.97 Å². The van der Waals surface area contributed by atoms with Crippen molar-refractivity contribution < 1.29 is 19.4 Å². The quantitative estimate of drug-likeness (QED) is 0.515. The first-order chi connectivity index (χ1) is 14.8. The van der Waals surface area contributed by atoms with E-state index in [0.29, 0.717) is 12.2 Å². The SMILES string of the molecule is Cc1sc(-c2ccccc2)nc1C(=O)NCc1cccc(CC(OC(C)C)C(=O)O)c1. The van der Waals surface area contributed by atoms with Crippen molar-refractivity contribution in [2.45, 2.75) is 45.9 Å². The molecule has 1 atom stereocenters. The van der Waals surface area contributed by atoms with Crippen molar-refractivity contribution in [3.05, 3.63) is 76.3 Å². The number of benzene rings is 2. The van der Waals surface area contributed by atoms with Gasteiger partial charge < -0.3 is 15.2 Å². The van der Waals surface area contributed by atoms with E-state index < -0.39 is 12.1 Å². The number of nitrogens with one attached hydrogen (secondary N) is 1. The zero-order valence-corrected chi connectivity index (χ0v) is 18.6. The molecule has 162 valence electrons. The Morgan fingerprint density at radius 1 is 1.10 bits per heavy atom. The third-order valence-electron chi connectivity index (χ3n) is 4.61. The van der Waals surface area contributed by atoms with Crippen molar-refractivity contribution in [2.75, 3.05) is 0 Å². The molecule has 31 heavy (non-hydrogen) atoms. The van der Waals surface area contributed by atoms with Crippen LogP contribution in [0.5, 0.6) is 0 Å².